The molecule has 1 saturated heterocycles. The lowest BCUT2D eigenvalue weighted by atomic mass is 9.94. The monoisotopic (exact) mass is 364 g/mol. The molecule has 3 amide bonds. The summed E-state index contributed by atoms with van der Waals surface area (Å²) in [6.07, 6.45) is 6.55. The Morgan fingerprint density at radius 1 is 1.12 bits per heavy atom. The predicted molar refractivity (Wildman–Crippen MR) is 94.8 cm³/mol. The maximum absolute atomic E-state index is 12.7. The van der Waals surface area contributed by atoms with Crippen molar-refractivity contribution in [3.05, 3.63) is 28.4 Å². The Kier molecular flexibility index (Phi) is 5.18. The van der Waals surface area contributed by atoms with Gasteiger partial charge in [0.25, 0.3) is 5.91 Å². The van der Waals surface area contributed by atoms with E-state index in [1.165, 1.54) is 19.1 Å². The summed E-state index contributed by atoms with van der Waals surface area (Å²) in [5.74, 6) is 0.697. The van der Waals surface area contributed by atoms with Crippen LogP contribution in [0.25, 0.3) is 6.08 Å². The van der Waals surface area contributed by atoms with Gasteiger partial charge in [-0.2, -0.15) is 0 Å². The van der Waals surface area contributed by atoms with Crippen molar-refractivity contribution in [2.45, 2.75) is 38.1 Å². The van der Waals surface area contributed by atoms with Crippen molar-refractivity contribution in [2.24, 2.45) is 0 Å². The molecule has 0 aromatic heterocycles. The molecule has 0 bridgehead atoms. The molecule has 2 fully saturated rings. The molecule has 1 aromatic carbocycles. The second kappa shape index (κ2) is 7.35. The second-order valence-electron chi connectivity index (χ2n) is 6.18. The van der Waals surface area contributed by atoms with Crippen LogP contribution in [0.5, 0.6) is 11.5 Å². The van der Waals surface area contributed by atoms with Crippen molar-refractivity contribution in [3.63, 3.8) is 0 Å². The Balaban J connectivity index is 1.89. The fourth-order valence-corrected chi connectivity index (χ4v) is 3.56. The van der Waals surface area contributed by atoms with Crippen LogP contribution in [-0.2, 0) is 4.79 Å². The maximum atomic E-state index is 12.7. The summed E-state index contributed by atoms with van der Waals surface area (Å²) in [6.45, 7) is 0. The van der Waals surface area contributed by atoms with Crippen LogP contribution in [0.2, 0.25) is 5.02 Å². The number of hydrogen-bond acceptors (Lipinski definition) is 4. The van der Waals surface area contributed by atoms with Gasteiger partial charge in [-0.1, -0.05) is 30.9 Å². The number of methoxy groups -OCH3 is 2. The Hall–Kier alpha value is -2.21. The van der Waals surface area contributed by atoms with Gasteiger partial charge in [-0.15, -0.1) is 0 Å². The molecule has 0 radical (unpaired) electrons. The predicted octanol–water partition coefficient (Wildman–Crippen LogP) is 3.58. The zero-order chi connectivity index (χ0) is 18.0. The van der Waals surface area contributed by atoms with Gasteiger partial charge in [0.1, 0.15) is 5.70 Å². The summed E-state index contributed by atoms with van der Waals surface area (Å²) in [4.78, 5) is 26.3. The third-order valence-electron chi connectivity index (χ3n) is 4.65. The Labute approximate surface area is 151 Å². The minimum Gasteiger partial charge on any atom is -0.493 e. The van der Waals surface area contributed by atoms with Gasteiger partial charge in [-0.3, -0.25) is 9.69 Å². The van der Waals surface area contributed by atoms with E-state index in [-0.39, 0.29) is 23.7 Å². The van der Waals surface area contributed by atoms with Crippen LogP contribution in [0.4, 0.5) is 4.79 Å². The van der Waals surface area contributed by atoms with E-state index in [2.05, 4.69) is 5.32 Å². The highest BCUT2D eigenvalue weighted by atomic mass is 35.5. The van der Waals surface area contributed by atoms with Crippen molar-refractivity contribution in [1.29, 1.82) is 0 Å². The van der Waals surface area contributed by atoms with Gasteiger partial charge < -0.3 is 14.8 Å². The zero-order valence-corrected chi connectivity index (χ0v) is 15.1. The van der Waals surface area contributed by atoms with Crippen molar-refractivity contribution in [1.82, 2.24) is 10.2 Å². The molecule has 0 atom stereocenters. The number of nitrogens with zero attached hydrogens (tertiary/aromatic N) is 1. The smallest absolute Gasteiger partial charge is 0.329 e. The first-order valence-corrected chi connectivity index (χ1v) is 8.70. The van der Waals surface area contributed by atoms with Crippen LogP contribution in [0.1, 0.15) is 37.7 Å². The molecule has 1 heterocycles. The van der Waals surface area contributed by atoms with E-state index in [1.807, 2.05) is 0 Å². The molecular weight excluding hydrogens is 344 g/mol. The molecule has 0 spiro atoms. The lowest BCUT2D eigenvalue weighted by Crippen LogP contribution is -2.41. The topological polar surface area (TPSA) is 67.9 Å². The average molecular weight is 365 g/mol. The molecule has 25 heavy (non-hydrogen) atoms. The van der Waals surface area contributed by atoms with Crippen LogP contribution >= 0.6 is 11.6 Å². The van der Waals surface area contributed by atoms with Gasteiger partial charge >= 0.3 is 6.03 Å². The number of ether oxygens (including phenoxy) is 2. The molecule has 7 heteroatoms. The molecule has 134 valence electrons. The fourth-order valence-electron chi connectivity index (χ4n) is 3.36. The Bertz CT molecular complexity index is 726. The van der Waals surface area contributed by atoms with E-state index in [4.69, 9.17) is 21.1 Å². The number of rotatable bonds is 4. The molecule has 1 saturated carbocycles. The lowest BCUT2D eigenvalue weighted by Gasteiger charge is -2.28. The van der Waals surface area contributed by atoms with Gasteiger partial charge in [0.2, 0.25) is 0 Å². The Morgan fingerprint density at radius 2 is 1.76 bits per heavy atom. The van der Waals surface area contributed by atoms with E-state index in [0.717, 1.165) is 32.1 Å². The quantitative estimate of drug-likeness (QED) is 0.655. The first kappa shape index (κ1) is 17.6. The summed E-state index contributed by atoms with van der Waals surface area (Å²) in [5, 5.41) is 3.07. The maximum Gasteiger partial charge on any atom is 0.329 e. The minimum absolute atomic E-state index is 0.0203. The number of nitrogens with one attached hydrogen (secondary N) is 1. The number of imide groups is 1. The minimum atomic E-state index is -0.361. The van der Waals surface area contributed by atoms with Crippen LogP contribution in [0.3, 0.4) is 0 Å². The highest BCUT2D eigenvalue weighted by molar-refractivity contribution is 6.32. The van der Waals surface area contributed by atoms with E-state index < -0.39 is 0 Å². The number of urea groups is 1. The zero-order valence-electron chi connectivity index (χ0n) is 14.3. The van der Waals surface area contributed by atoms with Gasteiger partial charge in [-0.05, 0) is 30.5 Å². The normalized spacial score (nSPS) is 20.1. The number of hydrogen-bond donors (Lipinski definition) is 1. The SMILES string of the molecule is COc1cc(Cl)c(/C=C2\NC(=O)N(C3CCCCC3)C2=O)cc1OC. The number of carbonyl (C=O) groups is 2. The number of carbonyl (C=O) groups excluding carboxylic acids is 2. The van der Waals surface area contributed by atoms with Crippen LogP contribution in [-0.4, -0.2) is 37.1 Å². The number of benzene rings is 1. The average Bonchev–Trinajstić information content (AvgIpc) is 2.90. The summed E-state index contributed by atoms with van der Waals surface area (Å²) in [5.41, 5.74) is 0.804. The highest BCUT2D eigenvalue weighted by Gasteiger charge is 2.39. The van der Waals surface area contributed by atoms with Gasteiger partial charge in [0.05, 0.1) is 19.2 Å². The second-order valence-corrected chi connectivity index (χ2v) is 6.59. The van der Waals surface area contributed by atoms with E-state index in [1.54, 1.807) is 18.2 Å². The lowest BCUT2D eigenvalue weighted by molar-refractivity contribution is -0.124. The third-order valence-corrected chi connectivity index (χ3v) is 4.98. The van der Waals surface area contributed by atoms with Crippen LogP contribution < -0.4 is 14.8 Å². The Morgan fingerprint density at radius 3 is 2.40 bits per heavy atom. The number of halogens is 1. The summed E-state index contributed by atoms with van der Waals surface area (Å²) in [6, 6.07) is 2.91. The molecule has 3 rings (SSSR count). The van der Waals surface area contributed by atoms with Gasteiger partial charge in [0.15, 0.2) is 11.5 Å². The van der Waals surface area contributed by atoms with Gasteiger partial charge in [-0.25, -0.2) is 4.79 Å². The van der Waals surface area contributed by atoms with Crippen molar-refractivity contribution < 1.29 is 19.1 Å². The molecular formula is C18H21ClN2O4. The third kappa shape index (κ3) is 3.44. The van der Waals surface area contributed by atoms with Crippen LogP contribution in [0.15, 0.2) is 17.8 Å². The molecule has 0 unspecified atom stereocenters. The van der Waals surface area contributed by atoms with E-state index in [9.17, 15) is 9.59 Å². The molecule has 1 aliphatic heterocycles. The summed E-state index contributed by atoms with van der Waals surface area (Å²) in [7, 11) is 3.05. The van der Waals surface area contributed by atoms with E-state index >= 15 is 0 Å². The summed E-state index contributed by atoms with van der Waals surface area (Å²) >= 11 is 6.27. The molecule has 1 aliphatic carbocycles. The number of amides is 3. The molecule has 2 aliphatic rings. The van der Waals surface area contributed by atoms with Crippen LogP contribution in [0, 0.1) is 0 Å². The van der Waals surface area contributed by atoms with Gasteiger partial charge in [0, 0.05) is 12.1 Å². The summed E-state index contributed by atoms with van der Waals surface area (Å²) < 4.78 is 10.5. The highest BCUT2D eigenvalue weighted by Crippen LogP contribution is 2.34. The van der Waals surface area contributed by atoms with E-state index in [0.29, 0.717) is 22.1 Å². The largest absolute Gasteiger partial charge is 0.493 e. The molecule has 1 aromatic rings. The first-order valence-electron chi connectivity index (χ1n) is 8.33. The standard InChI is InChI=1S/C18H21ClN2O4/c1-24-15-9-11(13(19)10-16(15)25-2)8-14-17(22)21(18(23)20-14)12-6-4-3-5-7-12/h8-10,12H,3-7H2,1-2H3,(H,20,23)/b14-8-. The molecule has 6 nitrogen and oxygen atoms in total. The molecule has 1 N–H and O–H groups in total. The van der Waals surface area contributed by atoms with Crippen molar-refractivity contribution >= 4 is 29.6 Å². The fraction of sp³-hybridized carbons (Fsp3) is 0.444. The van der Waals surface area contributed by atoms with Crippen molar-refractivity contribution in [3.8, 4) is 11.5 Å². The first-order chi connectivity index (χ1) is 12.0. The van der Waals surface area contributed by atoms with Crippen molar-refractivity contribution in [2.75, 3.05) is 14.2 Å².